The smallest absolute Gasteiger partial charge is 0.267 e. The van der Waals surface area contributed by atoms with Crippen molar-refractivity contribution in [3.05, 3.63) is 27.7 Å². The molecule has 0 radical (unpaired) electrons. The number of aryl methyl sites for hydroxylation is 2. The Balaban J connectivity index is 2.26. The van der Waals surface area contributed by atoms with Crippen molar-refractivity contribution in [2.24, 2.45) is 0 Å². The molecule has 1 aromatic rings. The van der Waals surface area contributed by atoms with Gasteiger partial charge in [-0.3, -0.25) is 4.79 Å². The first-order valence-electron chi connectivity index (χ1n) is 5.44. The van der Waals surface area contributed by atoms with Crippen molar-refractivity contribution in [2.75, 3.05) is 0 Å². The first-order valence-corrected chi connectivity index (χ1v) is 5.44. The fraction of sp³-hybridized carbons (Fsp3) is 0.636. The van der Waals surface area contributed by atoms with E-state index >= 15 is 0 Å². The molecule has 0 amide bonds. The number of aromatic amines is 1. The normalized spacial score (nSPS) is 17.7. The van der Waals surface area contributed by atoms with Crippen LogP contribution in [0.1, 0.15) is 43.4 Å². The van der Waals surface area contributed by atoms with E-state index in [0.717, 1.165) is 30.5 Å². The number of hydrogen-bond donors (Lipinski definition) is 1. The Morgan fingerprint density at radius 2 is 1.79 bits per heavy atom. The number of nitrogens with zero attached hydrogens (tertiary/aromatic N) is 1. The summed E-state index contributed by atoms with van der Waals surface area (Å²) in [4.78, 5) is 11.4. The molecule has 0 fully saturated rings. The van der Waals surface area contributed by atoms with Gasteiger partial charge in [0.25, 0.3) is 5.56 Å². The summed E-state index contributed by atoms with van der Waals surface area (Å²) in [6.45, 7) is 0. The highest BCUT2D eigenvalue weighted by atomic mass is 16.1. The van der Waals surface area contributed by atoms with E-state index in [-0.39, 0.29) is 5.56 Å². The summed E-state index contributed by atoms with van der Waals surface area (Å²) >= 11 is 0. The highest BCUT2D eigenvalue weighted by molar-refractivity contribution is 5.13. The molecule has 0 aliphatic heterocycles. The minimum atomic E-state index is -0.00526. The van der Waals surface area contributed by atoms with Crippen LogP contribution in [0.2, 0.25) is 0 Å². The number of H-pyrrole nitrogens is 1. The minimum Gasteiger partial charge on any atom is -0.268 e. The lowest BCUT2D eigenvalue weighted by atomic mass is 10.0. The highest BCUT2D eigenvalue weighted by Crippen LogP contribution is 2.12. The number of hydrogen-bond acceptors (Lipinski definition) is 2. The number of nitrogens with one attached hydrogen (secondary N) is 1. The molecule has 1 heterocycles. The lowest BCUT2D eigenvalue weighted by Crippen LogP contribution is -2.16. The van der Waals surface area contributed by atoms with E-state index in [0.29, 0.717) is 0 Å². The number of aromatic nitrogens is 2. The molecule has 76 valence electrons. The van der Waals surface area contributed by atoms with E-state index in [1.54, 1.807) is 0 Å². The highest BCUT2D eigenvalue weighted by Gasteiger charge is 2.05. The SMILES string of the molecule is O=c1[nH]nc2cc1CCCCCCC2. The summed E-state index contributed by atoms with van der Waals surface area (Å²) in [6, 6.07) is 1.98. The second-order valence-electron chi connectivity index (χ2n) is 3.98. The Labute approximate surface area is 83.5 Å². The molecular formula is C11H16N2O. The van der Waals surface area contributed by atoms with Crippen molar-refractivity contribution in [2.45, 2.75) is 44.9 Å². The van der Waals surface area contributed by atoms with Gasteiger partial charge in [0.05, 0.1) is 5.69 Å². The van der Waals surface area contributed by atoms with Crippen LogP contribution in [0.4, 0.5) is 0 Å². The number of rotatable bonds is 0. The third-order valence-electron chi connectivity index (χ3n) is 2.81. The van der Waals surface area contributed by atoms with Gasteiger partial charge in [0.15, 0.2) is 0 Å². The fourth-order valence-electron chi connectivity index (χ4n) is 1.96. The summed E-state index contributed by atoms with van der Waals surface area (Å²) in [5, 5.41) is 6.63. The van der Waals surface area contributed by atoms with Crippen molar-refractivity contribution in [3.63, 3.8) is 0 Å². The maximum absolute atomic E-state index is 11.4. The van der Waals surface area contributed by atoms with Gasteiger partial charge in [-0.15, -0.1) is 0 Å². The van der Waals surface area contributed by atoms with Crippen LogP contribution in [0.5, 0.6) is 0 Å². The molecular weight excluding hydrogens is 176 g/mol. The Bertz CT molecular complexity index is 357. The molecule has 1 aromatic heterocycles. The lowest BCUT2D eigenvalue weighted by Gasteiger charge is -2.07. The Morgan fingerprint density at radius 3 is 2.64 bits per heavy atom. The van der Waals surface area contributed by atoms with Crippen molar-refractivity contribution in [3.8, 4) is 0 Å². The van der Waals surface area contributed by atoms with Gasteiger partial charge in [0, 0.05) is 5.56 Å². The Hall–Kier alpha value is -1.12. The van der Waals surface area contributed by atoms with E-state index in [1.165, 1.54) is 25.7 Å². The monoisotopic (exact) mass is 192 g/mol. The average molecular weight is 192 g/mol. The zero-order valence-corrected chi connectivity index (χ0v) is 8.38. The molecule has 1 N–H and O–H groups in total. The van der Waals surface area contributed by atoms with Crippen molar-refractivity contribution in [1.82, 2.24) is 10.2 Å². The maximum Gasteiger partial charge on any atom is 0.267 e. The van der Waals surface area contributed by atoms with Gasteiger partial charge in [-0.1, -0.05) is 19.3 Å². The molecule has 3 nitrogen and oxygen atoms in total. The Morgan fingerprint density at radius 1 is 1.07 bits per heavy atom. The van der Waals surface area contributed by atoms with Crippen molar-refractivity contribution < 1.29 is 0 Å². The van der Waals surface area contributed by atoms with E-state index in [4.69, 9.17) is 0 Å². The number of fused-ring (bicyclic) bond motifs is 2. The van der Waals surface area contributed by atoms with Gasteiger partial charge in [0.2, 0.25) is 0 Å². The van der Waals surface area contributed by atoms with Crippen LogP contribution < -0.4 is 5.56 Å². The third-order valence-corrected chi connectivity index (χ3v) is 2.81. The van der Waals surface area contributed by atoms with E-state index in [9.17, 15) is 4.79 Å². The van der Waals surface area contributed by atoms with Gasteiger partial charge in [-0.2, -0.15) is 5.10 Å². The quantitative estimate of drug-likeness (QED) is 0.681. The van der Waals surface area contributed by atoms with Crippen LogP contribution in [0.25, 0.3) is 0 Å². The second-order valence-corrected chi connectivity index (χ2v) is 3.98. The van der Waals surface area contributed by atoms with Crippen molar-refractivity contribution >= 4 is 0 Å². The maximum atomic E-state index is 11.4. The topological polar surface area (TPSA) is 45.8 Å². The minimum absolute atomic E-state index is 0.00526. The summed E-state index contributed by atoms with van der Waals surface area (Å²) in [5.41, 5.74) is 1.95. The standard InChI is InChI=1S/C11H16N2O/c14-11-9-6-4-2-1-3-5-7-10(8-9)12-13-11/h8H,1-7H2,(H,13,14). The second kappa shape index (κ2) is 4.40. The van der Waals surface area contributed by atoms with Crippen LogP contribution in [-0.4, -0.2) is 10.2 Å². The summed E-state index contributed by atoms with van der Waals surface area (Å²) in [6.07, 6.45) is 8.06. The van der Waals surface area contributed by atoms with Crippen molar-refractivity contribution in [1.29, 1.82) is 0 Å². The molecule has 0 unspecified atom stereocenters. The predicted octanol–water partition coefficient (Wildman–Crippen LogP) is 1.82. The largest absolute Gasteiger partial charge is 0.268 e. The summed E-state index contributed by atoms with van der Waals surface area (Å²) in [5.74, 6) is 0. The first kappa shape index (κ1) is 9.44. The molecule has 0 saturated heterocycles. The van der Waals surface area contributed by atoms with Gasteiger partial charge in [0.1, 0.15) is 0 Å². The molecule has 3 heteroatoms. The van der Waals surface area contributed by atoms with E-state index in [1.807, 2.05) is 6.07 Å². The van der Waals surface area contributed by atoms with Crippen LogP contribution in [-0.2, 0) is 12.8 Å². The molecule has 2 rings (SSSR count). The third kappa shape index (κ3) is 2.22. The Kier molecular flexibility index (Phi) is 2.96. The summed E-state index contributed by atoms with van der Waals surface area (Å²) in [7, 11) is 0. The summed E-state index contributed by atoms with van der Waals surface area (Å²) < 4.78 is 0. The predicted molar refractivity (Wildman–Crippen MR) is 55.4 cm³/mol. The van der Waals surface area contributed by atoms with Crippen LogP contribution in [0, 0.1) is 0 Å². The fourth-order valence-corrected chi connectivity index (χ4v) is 1.96. The van der Waals surface area contributed by atoms with Crippen LogP contribution >= 0.6 is 0 Å². The van der Waals surface area contributed by atoms with Crippen LogP contribution in [0.3, 0.4) is 0 Å². The molecule has 1 aliphatic carbocycles. The molecule has 0 aromatic carbocycles. The zero-order chi connectivity index (χ0) is 9.80. The molecule has 0 spiro atoms. The molecule has 2 bridgehead atoms. The molecule has 14 heavy (non-hydrogen) atoms. The van der Waals surface area contributed by atoms with Gasteiger partial charge < -0.3 is 0 Å². The lowest BCUT2D eigenvalue weighted by molar-refractivity contribution is 0.595. The van der Waals surface area contributed by atoms with Gasteiger partial charge in [-0.05, 0) is 31.7 Å². The van der Waals surface area contributed by atoms with Gasteiger partial charge in [-0.25, -0.2) is 5.10 Å². The van der Waals surface area contributed by atoms with Gasteiger partial charge >= 0.3 is 0 Å². The zero-order valence-electron chi connectivity index (χ0n) is 8.38. The van der Waals surface area contributed by atoms with E-state index in [2.05, 4.69) is 10.2 Å². The average Bonchev–Trinajstić information content (AvgIpc) is 2.21. The van der Waals surface area contributed by atoms with Crippen LogP contribution in [0.15, 0.2) is 10.9 Å². The molecule has 1 aliphatic rings. The molecule has 0 saturated carbocycles. The molecule has 0 atom stereocenters. The first-order chi connectivity index (χ1) is 6.86. The van der Waals surface area contributed by atoms with E-state index < -0.39 is 0 Å².